The smallest absolute Gasteiger partial charge is 0.402 e. The third-order valence-electron chi connectivity index (χ3n) is 3.49. The molecule has 3 N–H and O–H groups in total. The monoisotopic (exact) mass is 256 g/mol. The Bertz CT molecular complexity index is 529. The van der Waals surface area contributed by atoms with Gasteiger partial charge >= 0.3 is 7.32 Å². The van der Waals surface area contributed by atoms with Crippen molar-refractivity contribution < 1.29 is 15.1 Å². The lowest BCUT2D eigenvalue weighted by atomic mass is 9.82. The van der Waals surface area contributed by atoms with E-state index in [1.54, 1.807) is 0 Å². The standard InChI is InChI=1S/C15H14.BH3O3/c1-15(2)13-9-5-3-7-11(13)12-8-4-6-10-14(12)15;2-1(3)4/h3-10H,1-2H3;2-4H. The second-order valence-corrected chi connectivity index (χ2v) is 5.06. The van der Waals surface area contributed by atoms with Crippen LogP contribution in [0.15, 0.2) is 48.5 Å². The van der Waals surface area contributed by atoms with E-state index in [-0.39, 0.29) is 5.41 Å². The molecular formula is C15H17BO3. The van der Waals surface area contributed by atoms with Gasteiger partial charge in [-0.15, -0.1) is 0 Å². The predicted octanol–water partition coefficient (Wildman–Crippen LogP) is 1.94. The Balaban J connectivity index is 0.000000297. The fraction of sp³-hybridized carbons (Fsp3) is 0.200. The maximum Gasteiger partial charge on any atom is 0.631 e. The fourth-order valence-corrected chi connectivity index (χ4v) is 2.67. The summed E-state index contributed by atoms with van der Waals surface area (Å²) in [5.41, 5.74) is 5.86. The van der Waals surface area contributed by atoms with E-state index in [9.17, 15) is 0 Å². The maximum atomic E-state index is 7.17. The molecule has 1 aliphatic rings. The molecule has 2 aromatic rings. The Kier molecular flexibility index (Phi) is 3.76. The van der Waals surface area contributed by atoms with Crippen molar-refractivity contribution in [3.05, 3.63) is 59.7 Å². The van der Waals surface area contributed by atoms with E-state index >= 15 is 0 Å². The van der Waals surface area contributed by atoms with E-state index < -0.39 is 7.32 Å². The Hall–Kier alpha value is -1.62. The summed E-state index contributed by atoms with van der Waals surface area (Å²) in [6.45, 7) is 4.61. The Morgan fingerprint density at radius 3 is 1.42 bits per heavy atom. The van der Waals surface area contributed by atoms with E-state index in [4.69, 9.17) is 15.1 Å². The largest absolute Gasteiger partial charge is 0.631 e. The number of rotatable bonds is 0. The van der Waals surface area contributed by atoms with Gasteiger partial charge in [0.2, 0.25) is 0 Å². The van der Waals surface area contributed by atoms with E-state index in [1.165, 1.54) is 22.3 Å². The quantitative estimate of drug-likeness (QED) is 0.631. The van der Waals surface area contributed by atoms with Crippen molar-refractivity contribution in [2.45, 2.75) is 19.3 Å². The number of fused-ring (bicyclic) bond motifs is 3. The lowest BCUT2D eigenvalue weighted by molar-refractivity contribution is 0.278. The lowest BCUT2D eigenvalue weighted by Gasteiger charge is -2.20. The number of hydrogen-bond acceptors (Lipinski definition) is 3. The topological polar surface area (TPSA) is 60.7 Å². The van der Waals surface area contributed by atoms with Gasteiger partial charge in [-0.05, 0) is 22.3 Å². The predicted molar refractivity (Wildman–Crippen MR) is 76.4 cm³/mol. The minimum Gasteiger partial charge on any atom is -0.402 e. The summed E-state index contributed by atoms with van der Waals surface area (Å²) in [6.07, 6.45) is 0. The zero-order valence-electron chi connectivity index (χ0n) is 11.0. The van der Waals surface area contributed by atoms with Crippen LogP contribution < -0.4 is 0 Å². The van der Waals surface area contributed by atoms with Gasteiger partial charge in [-0.1, -0.05) is 62.4 Å². The molecule has 3 rings (SSSR count). The van der Waals surface area contributed by atoms with Crippen LogP contribution in [0.25, 0.3) is 11.1 Å². The lowest BCUT2D eigenvalue weighted by Crippen LogP contribution is -2.14. The van der Waals surface area contributed by atoms with Crippen molar-refractivity contribution in [3.8, 4) is 11.1 Å². The molecule has 0 heterocycles. The number of hydrogen-bond donors (Lipinski definition) is 3. The van der Waals surface area contributed by atoms with E-state index in [0.29, 0.717) is 0 Å². The Labute approximate surface area is 113 Å². The van der Waals surface area contributed by atoms with E-state index in [2.05, 4.69) is 62.4 Å². The van der Waals surface area contributed by atoms with Crippen LogP contribution in [0, 0.1) is 0 Å². The Morgan fingerprint density at radius 1 is 0.737 bits per heavy atom. The molecule has 0 radical (unpaired) electrons. The molecule has 1 aliphatic carbocycles. The molecule has 0 amide bonds. The van der Waals surface area contributed by atoms with Crippen molar-refractivity contribution in [1.29, 1.82) is 0 Å². The van der Waals surface area contributed by atoms with Crippen LogP contribution in [0.4, 0.5) is 0 Å². The van der Waals surface area contributed by atoms with Gasteiger partial charge < -0.3 is 15.1 Å². The van der Waals surface area contributed by atoms with Gasteiger partial charge in [-0.25, -0.2) is 0 Å². The Morgan fingerprint density at radius 2 is 1.05 bits per heavy atom. The second-order valence-electron chi connectivity index (χ2n) is 5.06. The summed E-state index contributed by atoms with van der Waals surface area (Å²) in [5.74, 6) is 0. The molecule has 0 unspecified atom stereocenters. The van der Waals surface area contributed by atoms with Crippen LogP contribution in [-0.4, -0.2) is 22.4 Å². The fourth-order valence-electron chi connectivity index (χ4n) is 2.67. The van der Waals surface area contributed by atoms with Crippen LogP contribution in [0.3, 0.4) is 0 Å². The first-order chi connectivity index (χ1) is 8.94. The highest BCUT2D eigenvalue weighted by Crippen LogP contribution is 2.47. The molecule has 0 atom stereocenters. The average molecular weight is 256 g/mol. The highest BCUT2D eigenvalue weighted by atomic mass is 16.5. The van der Waals surface area contributed by atoms with Gasteiger partial charge in [0, 0.05) is 5.41 Å². The molecule has 2 aromatic carbocycles. The maximum absolute atomic E-state index is 7.17. The summed E-state index contributed by atoms with van der Waals surface area (Å²) in [6, 6.07) is 17.4. The molecule has 0 bridgehead atoms. The minimum absolute atomic E-state index is 0.160. The van der Waals surface area contributed by atoms with Crippen molar-refractivity contribution in [3.63, 3.8) is 0 Å². The number of benzene rings is 2. The first kappa shape index (κ1) is 13.8. The second kappa shape index (κ2) is 5.17. The van der Waals surface area contributed by atoms with Crippen LogP contribution in [0.2, 0.25) is 0 Å². The van der Waals surface area contributed by atoms with E-state index in [0.717, 1.165) is 0 Å². The van der Waals surface area contributed by atoms with E-state index in [1.807, 2.05) is 0 Å². The third kappa shape index (κ3) is 2.56. The zero-order valence-corrected chi connectivity index (χ0v) is 11.0. The normalized spacial score (nSPS) is 13.9. The molecule has 0 saturated heterocycles. The van der Waals surface area contributed by atoms with Crippen molar-refractivity contribution in [1.82, 2.24) is 0 Å². The minimum atomic E-state index is -2.17. The molecule has 0 aliphatic heterocycles. The van der Waals surface area contributed by atoms with Gasteiger partial charge in [0.05, 0.1) is 0 Å². The molecular weight excluding hydrogens is 239 g/mol. The first-order valence-corrected chi connectivity index (χ1v) is 6.18. The van der Waals surface area contributed by atoms with Gasteiger partial charge in [-0.2, -0.15) is 0 Å². The molecule has 3 nitrogen and oxygen atoms in total. The van der Waals surface area contributed by atoms with Crippen LogP contribution in [0.5, 0.6) is 0 Å². The molecule has 0 spiro atoms. The first-order valence-electron chi connectivity index (χ1n) is 6.18. The molecule has 0 fully saturated rings. The zero-order chi connectivity index (χ0) is 14.0. The highest BCUT2D eigenvalue weighted by molar-refractivity contribution is 6.30. The van der Waals surface area contributed by atoms with Gasteiger partial charge in [0.1, 0.15) is 0 Å². The molecule has 19 heavy (non-hydrogen) atoms. The molecule has 4 heteroatoms. The van der Waals surface area contributed by atoms with Crippen molar-refractivity contribution in [2.24, 2.45) is 0 Å². The average Bonchev–Trinajstić information content (AvgIpc) is 2.60. The van der Waals surface area contributed by atoms with Crippen LogP contribution in [-0.2, 0) is 5.41 Å². The summed E-state index contributed by atoms with van der Waals surface area (Å²) < 4.78 is 0. The van der Waals surface area contributed by atoms with Gasteiger partial charge in [0.15, 0.2) is 0 Å². The molecule has 0 saturated carbocycles. The van der Waals surface area contributed by atoms with Gasteiger partial charge in [0.25, 0.3) is 0 Å². The molecule has 0 aromatic heterocycles. The molecule has 98 valence electrons. The van der Waals surface area contributed by atoms with Crippen LogP contribution >= 0.6 is 0 Å². The van der Waals surface area contributed by atoms with Crippen molar-refractivity contribution in [2.75, 3.05) is 0 Å². The SMILES string of the molecule is CC1(C)c2ccccc2-c2ccccc21.OB(O)O. The van der Waals surface area contributed by atoms with Gasteiger partial charge in [-0.3, -0.25) is 0 Å². The summed E-state index contributed by atoms with van der Waals surface area (Å²) in [4.78, 5) is 0. The van der Waals surface area contributed by atoms with Crippen LogP contribution in [0.1, 0.15) is 25.0 Å². The van der Waals surface area contributed by atoms with Crippen molar-refractivity contribution >= 4 is 7.32 Å². The third-order valence-corrected chi connectivity index (χ3v) is 3.49. The summed E-state index contributed by atoms with van der Waals surface area (Å²) in [5, 5.41) is 21.5. The summed E-state index contributed by atoms with van der Waals surface area (Å²) in [7, 11) is -2.17. The summed E-state index contributed by atoms with van der Waals surface area (Å²) >= 11 is 0. The highest BCUT2D eigenvalue weighted by Gasteiger charge is 2.34.